The number of nitrogens with one attached hydrogen (secondary N) is 1. The van der Waals surface area contributed by atoms with E-state index in [1.165, 1.54) is 32.1 Å². The van der Waals surface area contributed by atoms with Gasteiger partial charge in [-0.05, 0) is 25.0 Å². The molecule has 0 saturated heterocycles. The molecule has 1 fully saturated rings. The van der Waals surface area contributed by atoms with Crippen LogP contribution in [0.5, 0.6) is 0 Å². The van der Waals surface area contributed by atoms with Crippen molar-refractivity contribution in [2.24, 2.45) is 7.05 Å². The van der Waals surface area contributed by atoms with Crippen molar-refractivity contribution in [3.8, 4) is 0 Å². The number of anilines is 3. The Labute approximate surface area is 147 Å². The fraction of sp³-hybridized carbons (Fsp3) is 0.421. The minimum absolute atomic E-state index is 0.488. The van der Waals surface area contributed by atoms with E-state index in [4.69, 9.17) is 9.97 Å². The molecule has 0 unspecified atom stereocenters. The third-order valence-electron chi connectivity index (χ3n) is 4.97. The Balaban J connectivity index is 1.73. The van der Waals surface area contributed by atoms with Crippen LogP contribution in [-0.2, 0) is 7.05 Å². The SMILES string of the molecule is CN(c1ccccc1)c1nc(NC2CCCCC2)c2cnn(C)c2n1. The molecule has 6 heteroatoms. The third kappa shape index (κ3) is 3.16. The van der Waals surface area contributed by atoms with E-state index in [0.717, 1.165) is 22.5 Å². The monoisotopic (exact) mass is 336 g/mol. The van der Waals surface area contributed by atoms with Crippen LogP contribution >= 0.6 is 0 Å². The lowest BCUT2D eigenvalue weighted by Gasteiger charge is -2.24. The van der Waals surface area contributed by atoms with E-state index in [1.54, 1.807) is 0 Å². The maximum Gasteiger partial charge on any atom is 0.233 e. The van der Waals surface area contributed by atoms with Gasteiger partial charge in [0.25, 0.3) is 0 Å². The van der Waals surface area contributed by atoms with E-state index in [2.05, 4.69) is 22.5 Å². The summed E-state index contributed by atoms with van der Waals surface area (Å²) in [5.41, 5.74) is 1.92. The number of aromatic nitrogens is 4. The second-order valence-corrected chi connectivity index (χ2v) is 6.75. The van der Waals surface area contributed by atoms with Crippen LogP contribution in [0.25, 0.3) is 11.0 Å². The maximum absolute atomic E-state index is 4.84. The molecule has 1 aliphatic carbocycles. The standard InChI is InChI=1S/C19H24N6/c1-24(15-11-7-4-8-12-15)19-22-17(21-14-9-5-3-6-10-14)16-13-20-25(2)18(16)23-19/h4,7-8,11-14H,3,5-6,9-10H2,1-2H3,(H,21,22,23). The highest BCUT2D eigenvalue weighted by Gasteiger charge is 2.19. The van der Waals surface area contributed by atoms with Crippen molar-refractivity contribution >= 4 is 28.5 Å². The second kappa shape index (κ2) is 6.70. The molecule has 1 N–H and O–H groups in total. The third-order valence-corrected chi connectivity index (χ3v) is 4.97. The summed E-state index contributed by atoms with van der Waals surface area (Å²) < 4.78 is 1.81. The summed E-state index contributed by atoms with van der Waals surface area (Å²) in [6.07, 6.45) is 8.18. The molecule has 0 bridgehead atoms. The molecule has 0 amide bonds. The lowest BCUT2D eigenvalue weighted by Crippen LogP contribution is -2.24. The normalized spacial score (nSPS) is 15.4. The van der Waals surface area contributed by atoms with E-state index in [9.17, 15) is 0 Å². The van der Waals surface area contributed by atoms with Crippen LogP contribution in [-0.4, -0.2) is 32.8 Å². The molecule has 130 valence electrons. The van der Waals surface area contributed by atoms with Crippen molar-refractivity contribution in [2.75, 3.05) is 17.3 Å². The zero-order valence-corrected chi connectivity index (χ0v) is 14.8. The molecule has 2 heterocycles. The molecule has 1 aromatic carbocycles. The molecule has 3 aromatic rings. The first kappa shape index (κ1) is 15.9. The van der Waals surface area contributed by atoms with Gasteiger partial charge in [0.2, 0.25) is 5.95 Å². The zero-order chi connectivity index (χ0) is 17.2. The smallest absolute Gasteiger partial charge is 0.233 e. The topological polar surface area (TPSA) is 58.9 Å². The number of aryl methyl sites for hydroxylation is 1. The number of nitrogens with zero attached hydrogens (tertiary/aromatic N) is 5. The number of hydrogen-bond donors (Lipinski definition) is 1. The molecule has 6 nitrogen and oxygen atoms in total. The van der Waals surface area contributed by atoms with Gasteiger partial charge in [-0.3, -0.25) is 4.68 Å². The van der Waals surface area contributed by atoms with Gasteiger partial charge in [0, 0.05) is 25.8 Å². The van der Waals surface area contributed by atoms with Gasteiger partial charge >= 0.3 is 0 Å². The first-order valence-electron chi connectivity index (χ1n) is 8.97. The summed E-state index contributed by atoms with van der Waals surface area (Å²) in [5, 5.41) is 9.02. The molecule has 4 rings (SSSR count). The van der Waals surface area contributed by atoms with Crippen molar-refractivity contribution in [1.29, 1.82) is 0 Å². The summed E-state index contributed by atoms with van der Waals surface area (Å²) in [7, 11) is 3.92. The van der Waals surface area contributed by atoms with Crippen LogP contribution in [0.1, 0.15) is 32.1 Å². The average molecular weight is 336 g/mol. The lowest BCUT2D eigenvalue weighted by molar-refractivity contribution is 0.462. The molecule has 0 radical (unpaired) electrons. The number of hydrogen-bond acceptors (Lipinski definition) is 5. The van der Waals surface area contributed by atoms with Crippen molar-refractivity contribution in [2.45, 2.75) is 38.1 Å². The van der Waals surface area contributed by atoms with Crippen LogP contribution in [0.4, 0.5) is 17.5 Å². The minimum Gasteiger partial charge on any atom is -0.367 e. The number of fused-ring (bicyclic) bond motifs is 1. The molecule has 1 saturated carbocycles. The van der Waals surface area contributed by atoms with Gasteiger partial charge in [-0.1, -0.05) is 37.5 Å². The highest BCUT2D eigenvalue weighted by molar-refractivity contribution is 5.88. The lowest BCUT2D eigenvalue weighted by atomic mass is 9.95. The zero-order valence-electron chi connectivity index (χ0n) is 14.8. The Hall–Kier alpha value is -2.63. The van der Waals surface area contributed by atoms with Crippen molar-refractivity contribution < 1.29 is 0 Å². The molecule has 0 aliphatic heterocycles. The van der Waals surface area contributed by atoms with Crippen LogP contribution in [0.2, 0.25) is 0 Å². The Bertz CT molecular complexity index is 851. The molecule has 1 aliphatic rings. The predicted molar refractivity (Wildman–Crippen MR) is 101 cm³/mol. The largest absolute Gasteiger partial charge is 0.367 e. The Morgan fingerprint density at radius 3 is 2.60 bits per heavy atom. The van der Waals surface area contributed by atoms with Crippen LogP contribution in [0.3, 0.4) is 0 Å². The van der Waals surface area contributed by atoms with Crippen LogP contribution in [0.15, 0.2) is 36.5 Å². The van der Waals surface area contributed by atoms with Gasteiger partial charge in [0.05, 0.1) is 11.6 Å². The Morgan fingerprint density at radius 1 is 1.08 bits per heavy atom. The van der Waals surface area contributed by atoms with Gasteiger partial charge in [-0.2, -0.15) is 15.1 Å². The molecular weight excluding hydrogens is 312 g/mol. The van der Waals surface area contributed by atoms with Gasteiger partial charge in [0.1, 0.15) is 5.82 Å². The number of rotatable bonds is 4. The Kier molecular flexibility index (Phi) is 4.26. The van der Waals surface area contributed by atoms with E-state index in [1.807, 2.05) is 48.1 Å². The van der Waals surface area contributed by atoms with E-state index in [-0.39, 0.29) is 0 Å². The van der Waals surface area contributed by atoms with Crippen molar-refractivity contribution in [3.05, 3.63) is 36.5 Å². The summed E-state index contributed by atoms with van der Waals surface area (Å²) in [4.78, 5) is 11.6. The number of para-hydroxylation sites is 1. The maximum atomic E-state index is 4.84. The second-order valence-electron chi connectivity index (χ2n) is 6.75. The summed E-state index contributed by atoms with van der Waals surface area (Å²) >= 11 is 0. The van der Waals surface area contributed by atoms with Crippen LogP contribution < -0.4 is 10.2 Å². The highest BCUT2D eigenvalue weighted by Crippen LogP contribution is 2.28. The Morgan fingerprint density at radius 2 is 1.84 bits per heavy atom. The first-order valence-corrected chi connectivity index (χ1v) is 8.97. The molecular formula is C19H24N6. The van der Waals surface area contributed by atoms with Crippen molar-refractivity contribution in [3.63, 3.8) is 0 Å². The predicted octanol–water partition coefficient (Wildman–Crippen LogP) is 3.88. The minimum atomic E-state index is 0.488. The summed E-state index contributed by atoms with van der Waals surface area (Å²) in [6.45, 7) is 0. The van der Waals surface area contributed by atoms with Crippen molar-refractivity contribution in [1.82, 2.24) is 19.7 Å². The van der Waals surface area contributed by atoms with Gasteiger partial charge in [-0.25, -0.2) is 0 Å². The molecule has 25 heavy (non-hydrogen) atoms. The quantitative estimate of drug-likeness (QED) is 0.783. The van der Waals surface area contributed by atoms with E-state index in [0.29, 0.717) is 12.0 Å². The molecule has 0 atom stereocenters. The summed E-state index contributed by atoms with van der Waals surface area (Å²) in [6, 6.07) is 10.7. The van der Waals surface area contributed by atoms with Gasteiger partial charge < -0.3 is 10.2 Å². The van der Waals surface area contributed by atoms with E-state index < -0.39 is 0 Å². The number of benzene rings is 1. The van der Waals surface area contributed by atoms with Gasteiger partial charge in [-0.15, -0.1) is 0 Å². The average Bonchev–Trinajstić information content (AvgIpc) is 3.04. The highest BCUT2D eigenvalue weighted by atomic mass is 15.3. The summed E-state index contributed by atoms with van der Waals surface area (Å²) in [5.74, 6) is 1.57. The van der Waals surface area contributed by atoms with Crippen LogP contribution in [0, 0.1) is 0 Å². The van der Waals surface area contributed by atoms with Gasteiger partial charge in [0.15, 0.2) is 5.65 Å². The van der Waals surface area contributed by atoms with E-state index >= 15 is 0 Å². The molecule has 0 spiro atoms. The first-order chi connectivity index (χ1) is 12.2. The fourth-order valence-electron chi connectivity index (χ4n) is 3.48. The molecule has 2 aromatic heterocycles. The fourth-order valence-corrected chi connectivity index (χ4v) is 3.48.